The van der Waals surface area contributed by atoms with Crippen molar-refractivity contribution < 1.29 is 4.42 Å². The molecule has 2 aromatic heterocycles. The second-order valence-corrected chi connectivity index (χ2v) is 5.63. The van der Waals surface area contributed by atoms with Crippen molar-refractivity contribution in [3.63, 3.8) is 0 Å². The van der Waals surface area contributed by atoms with Crippen molar-refractivity contribution in [1.29, 1.82) is 0 Å². The van der Waals surface area contributed by atoms with Gasteiger partial charge >= 0.3 is 0 Å². The van der Waals surface area contributed by atoms with Gasteiger partial charge in [0.05, 0.1) is 6.54 Å². The van der Waals surface area contributed by atoms with Gasteiger partial charge in [0.1, 0.15) is 11.5 Å². The predicted octanol–water partition coefficient (Wildman–Crippen LogP) is 4.34. The van der Waals surface area contributed by atoms with Crippen molar-refractivity contribution in [2.24, 2.45) is 0 Å². The Bertz CT molecular complexity index is 833. The quantitative estimate of drug-likeness (QED) is 0.693. The molecule has 2 N–H and O–H groups in total. The van der Waals surface area contributed by atoms with Crippen LogP contribution >= 0.6 is 11.6 Å². The molecule has 0 aliphatic carbocycles. The second-order valence-electron chi connectivity index (χ2n) is 5.30. The van der Waals surface area contributed by atoms with Gasteiger partial charge in [-0.2, -0.15) is 15.0 Å². The zero-order chi connectivity index (χ0) is 16.9. The maximum atomic E-state index is 5.99. The highest BCUT2D eigenvalue weighted by Crippen LogP contribution is 2.18. The minimum atomic E-state index is 0.122. The first-order valence-electron chi connectivity index (χ1n) is 7.69. The number of rotatable bonds is 6. The van der Waals surface area contributed by atoms with Crippen LogP contribution in [0.4, 0.5) is 17.6 Å². The topological polar surface area (TPSA) is 75.9 Å². The van der Waals surface area contributed by atoms with E-state index >= 15 is 0 Å². The van der Waals surface area contributed by atoms with E-state index in [-0.39, 0.29) is 5.28 Å². The zero-order valence-electron chi connectivity index (χ0n) is 13.5. The Morgan fingerprint density at radius 1 is 1.08 bits per heavy atom. The van der Waals surface area contributed by atoms with Gasteiger partial charge in [-0.1, -0.05) is 19.1 Å². The van der Waals surface area contributed by atoms with Crippen LogP contribution in [0.2, 0.25) is 5.28 Å². The SMILES string of the molecule is CCc1cccc(Nc2nc(Cl)nc(NCc3ccc(C)o3)n2)c1. The molecule has 1 aromatic carbocycles. The molecular weight excluding hydrogens is 326 g/mol. The Morgan fingerprint density at radius 3 is 2.67 bits per heavy atom. The highest BCUT2D eigenvalue weighted by Gasteiger charge is 2.07. The van der Waals surface area contributed by atoms with Crippen molar-refractivity contribution in [2.75, 3.05) is 10.6 Å². The van der Waals surface area contributed by atoms with Gasteiger partial charge in [0.2, 0.25) is 17.2 Å². The molecule has 3 aromatic rings. The van der Waals surface area contributed by atoms with E-state index in [0.717, 1.165) is 23.6 Å². The van der Waals surface area contributed by atoms with Gasteiger partial charge in [0.15, 0.2) is 0 Å². The summed E-state index contributed by atoms with van der Waals surface area (Å²) in [6.07, 6.45) is 0.961. The number of nitrogens with zero attached hydrogens (tertiary/aromatic N) is 3. The molecule has 7 heteroatoms. The molecule has 0 fully saturated rings. The van der Waals surface area contributed by atoms with Crippen LogP contribution in [0.15, 0.2) is 40.8 Å². The molecule has 0 spiro atoms. The highest BCUT2D eigenvalue weighted by molar-refractivity contribution is 6.28. The summed E-state index contributed by atoms with van der Waals surface area (Å²) < 4.78 is 5.50. The molecule has 124 valence electrons. The van der Waals surface area contributed by atoms with Crippen LogP contribution in [0.5, 0.6) is 0 Å². The number of benzene rings is 1. The summed E-state index contributed by atoms with van der Waals surface area (Å²) in [5.41, 5.74) is 2.14. The third-order valence-electron chi connectivity index (χ3n) is 3.42. The number of anilines is 3. The molecule has 0 unspecified atom stereocenters. The number of nitrogens with one attached hydrogen (secondary N) is 2. The van der Waals surface area contributed by atoms with Gasteiger partial charge < -0.3 is 15.1 Å². The van der Waals surface area contributed by atoms with Gasteiger partial charge in [-0.25, -0.2) is 0 Å². The second kappa shape index (κ2) is 7.31. The van der Waals surface area contributed by atoms with Crippen LogP contribution in [-0.2, 0) is 13.0 Å². The van der Waals surface area contributed by atoms with Crippen molar-refractivity contribution >= 4 is 29.2 Å². The van der Waals surface area contributed by atoms with Crippen molar-refractivity contribution in [2.45, 2.75) is 26.8 Å². The Kier molecular flexibility index (Phi) is 4.96. The molecule has 24 heavy (non-hydrogen) atoms. The highest BCUT2D eigenvalue weighted by atomic mass is 35.5. The lowest BCUT2D eigenvalue weighted by Gasteiger charge is -2.08. The van der Waals surface area contributed by atoms with Crippen LogP contribution < -0.4 is 10.6 Å². The normalized spacial score (nSPS) is 10.6. The van der Waals surface area contributed by atoms with Gasteiger partial charge in [-0.05, 0) is 54.8 Å². The lowest BCUT2D eigenvalue weighted by atomic mass is 10.1. The van der Waals surface area contributed by atoms with Crippen molar-refractivity contribution in [3.05, 3.63) is 58.8 Å². The molecular formula is C17H18ClN5O. The fourth-order valence-electron chi connectivity index (χ4n) is 2.23. The number of hydrogen-bond acceptors (Lipinski definition) is 6. The average molecular weight is 344 g/mol. The first kappa shape index (κ1) is 16.3. The summed E-state index contributed by atoms with van der Waals surface area (Å²) in [6.45, 7) is 4.48. The Balaban J connectivity index is 1.73. The molecule has 3 rings (SSSR count). The van der Waals surface area contributed by atoms with Gasteiger partial charge in [0, 0.05) is 5.69 Å². The monoisotopic (exact) mass is 343 g/mol. The lowest BCUT2D eigenvalue weighted by molar-refractivity contribution is 0.490. The number of aromatic nitrogens is 3. The summed E-state index contributed by atoms with van der Waals surface area (Å²) in [7, 11) is 0. The molecule has 0 amide bonds. The third kappa shape index (κ3) is 4.23. The predicted molar refractivity (Wildman–Crippen MR) is 94.7 cm³/mol. The Labute approximate surface area is 145 Å². The van der Waals surface area contributed by atoms with Crippen LogP contribution in [0, 0.1) is 6.92 Å². The zero-order valence-corrected chi connectivity index (χ0v) is 14.3. The van der Waals surface area contributed by atoms with E-state index in [1.807, 2.05) is 31.2 Å². The average Bonchev–Trinajstić information content (AvgIpc) is 2.98. The molecule has 0 saturated carbocycles. The van der Waals surface area contributed by atoms with Crippen molar-refractivity contribution in [3.8, 4) is 0 Å². The minimum absolute atomic E-state index is 0.122. The summed E-state index contributed by atoms with van der Waals surface area (Å²) in [4.78, 5) is 12.5. The van der Waals surface area contributed by atoms with E-state index in [2.05, 4.69) is 44.6 Å². The van der Waals surface area contributed by atoms with E-state index in [1.54, 1.807) is 0 Å². The number of furan rings is 1. The molecule has 0 aliphatic heterocycles. The minimum Gasteiger partial charge on any atom is -0.465 e. The Morgan fingerprint density at radius 2 is 1.92 bits per heavy atom. The fourth-order valence-corrected chi connectivity index (χ4v) is 2.39. The summed E-state index contributed by atoms with van der Waals surface area (Å²) in [6, 6.07) is 11.9. The van der Waals surface area contributed by atoms with Crippen molar-refractivity contribution in [1.82, 2.24) is 15.0 Å². The van der Waals surface area contributed by atoms with E-state index < -0.39 is 0 Å². The summed E-state index contributed by atoms with van der Waals surface area (Å²) in [5, 5.41) is 6.36. The largest absolute Gasteiger partial charge is 0.465 e. The van der Waals surface area contributed by atoms with Crippen LogP contribution in [0.25, 0.3) is 0 Å². The standard InChI is InChI=1S/C17H18ClN5O/c1-3-12-5-4-6-13(9-12)20-17-22-15(18)21-16(23-17)19-10-14-8-7-11(2)24-14/h4-9H,3,10H2,1-2H3,(H2,19,20,21,22,23). The fraction of sp³-hybridized carbons (Fsp3) is 0.235. The lowest BCUT2D eigenvalue weighted by Crippen LogP contribution is -2.07. The van der Waals surface area contributed by atoms with Crippen LogP contribution in [0.1, 0.15) is 24.0 Å². The van der Waals surface area contributed by atoms with E-state index in [0.29, 0.717) is 18.4 Å². The third-order valence-corrected chi connectivity index (χ3v) is 3.59. The molecule has 0 bridgehead atoms. The first-order valence-corrected chi connectivity index (χ1v) is 8.07. The van der Waals surface area contributed by atoms with E-state index in [1.165, 1.54) is 5.56 Å². The number of hydrogen-bond donors (Lipinski definition) is 2. The number of halogens is 1. The van der Waals surface area contributed by atoms with Crippen LogP contribution in [-0.4, -0.2) is 15.0 Å². The first-order chi connectivity index (χ1) is 11.6. The Hall–Kier alpha value is -2.60. The molecule has 0 atom stereocenters. The van der Waals surface area contributed by atoms with E-state index in [9.17, 15) is 0 Å². The van der Waals surface area contributed by atoms with E-state index in [4.69, 9.17) is 16.0 Å². The smallest absolute Gasteiger partial charge is 0.233 e. The maximum absolute atomic E-state index is 5.99. The summed E-state index contributed by atoms with van der Waals surface area (Å²) in [5.74, 6) is 2.44. The summed E-state index contributed by atoms with van der Waals surface area (Å²) >= 11 is 5.99. The molecule has 0 aliphatic rings. The van der Waals surface area contributed by atoms with Gasteiger partial charge in [0.25, 0.3) is 0 Å². The van der Waals surface area contributed by atoms with Gasteiger partial charge in [-0.3, -0.25) is 0 Å². The van der Waals surface area contributed by atoms with Gasteiger partial charge in [-0.15, -0.1) is 0 Å². The molecule has 2 heterocycles. The molecule has 0 radical (unpaired) electrons. The maximum Gasteiger partial charge on any atom is 0.233 e. The molecule has 6 nitrogen and oxygen atoms in total. The number of aryl methyl sites for hydroxylation is 2. The van der Waals surface area contributed by atoms with Crippen LogP contribution in [0.3, 0.4) is 0 Å². The molecule has 0 saturated heterocycles.